The smallest absolute Gasteiger partial charge is 0.191 e. The molecule has 0 unspecified atom stereocenters. The molecule has 0 bridgehead atoms. The highest BCUT2D eigenvalue weighted by molar-refractivity contribution is 7.11. The fourth-order valence-corrected chi connectivity index (χ4v) is 2.86. The molecular weight excluding hydrogens is 355 g/mol. The molecule has 1 aromatic heterocycles. The number of ether oxygens (including phenoxy) is 1. The fraction of sp³-hybridized carbons (Fsp3) is 0.333. The van der Waals surface area contributed by atoms with Crippen LogP contribution in [0.4, 0.5) is 0 Å². The van der Waals surface area contributed by atoms with E-state index in [1.807, 2.05) is 13.1 Å². The van der Waals surface area contributed by atoms with Crippen LogP contribution < -0.4 is 15.4 Å². The van der Waals surface area contributed by atoms with E-state index in [-0.39, 0.29) is 0 Å². The Morgan fingerprint density at radius 1 is 1.35 bits per heavy atom. The second-order valence-corrected chi connectivity index (χ2v) is 6.72. The minimum atomic E-state index is 0.427. The first kappa shape index (κ1) is 17.8. The van der Waals surface area contributed by atoms with Crippen molar-refractivity contribution in [2.75, 3.05) is 20.2 Å². The Morgan fingerprint density at radius 2 is 2.17 bits per heavy atom. The lowest BCUT2D eigenvalue weighted by atomic mass is 10.3. The van der Waals surface area contributed by atoms with E-state index in [4.69, 9.17) is 27.9 Å². The van der Waals surface area contributed by atoms with Gasteiger partial charge in [-0.15, -0.1) is 11.3 Å². The molecule has 0 radical (unpaired) electrons. The summed E-state index contributed by atoms with van der Waals surface area (Å²) in [6.45, 7) is 3.70. The van der Waals surface area contributed by atoms with Crippen molar-refractivity contribution in [3.63, 3.8) is 0 Å². The third-order valence-corrected chi connectivity index (χ3v) is 4.58. The first-order chi connectivity index (χ1) is 11.1. The molecule has 124 valence electrons. The molecule has 0 saturated carbocycles. The number of halogens is 2. The third-order valence-electron chi connectivity index (χ3n) is 2.87. The molecule has 23 heavy (non-hydrogen) atoms. The molecule has 8 heteroatoms. The molecular formula is C15H18Cl2N4OS. The van der Waals surface area contributed by atoms with Gasteiger partial charge in [-0.25, -0.2) is 4.98 Å². The van der Waals surface area contributed by atoms with Crippen molar-refractivity contribution in [3.8, 4) is 5.75 Å². The lowest BCUT2D eigenvalue weighted by molar-refractivity contribution is 0.322. The number of thiazole rings is 1. The molecule has 0 aliphatic heterocycles. The Labute approximate surface area is 149 Å². The van der Waals surface area contributed by atoms with Gasteiger partial charge < -0.3 is 15.4 Å². The quantitative estimate of drug-likeness (QED) is 0.462. The Morgan fingerprint density at radius 3 is 2.87 bits per heavy atom. The minimum Gasteiger partial charge on any atom is -0.490 e. The monoisotopic (exact) mass is 372 g/mol. The van der Waals surface area contributed by atoms with Gasteiger partial charge in [0, 0.05) is 18.1 Å². The zero-order valence-corrected chi connectivity index (χ0v) is 15.2. The summed E-state index contributed by atoms with van der Waals surface area (Å²) in [5.41, 5.74) is 0. The zero-order valence-electron chi connectivity index (χ0n) is 12.9. The summed E-state index contributed by atoms with van der Waals surface area (Å²) in [6, 6.07) is 5.31. The second-order valence-electron chi connectivity index (χ2n) is 4.62. The molecule has 1 heterocycles. The molecule has 2 N–H and O–H groups in total. The molecule has 2 aromatic rings. The van der Waals surface area contributed by atoms with Gasteiger partial charge in [-0.05, 0) is 19.1 Å². The highest BCUT2D eigenvalue weighted by atomic mass is 35.5. The number of aryl methyl sites for hydroxylation is 1. The summed E-state index contributed by atoms with van der Waals surface area (Å²) in [5.74, 6) is 1.26. The summed E-state index contributed by atoms with van der Waals surface area (Å²) in [4.78, 5) is 9.64. The van der Waals surface area contributed by atoms with Crippen LogP contribution in [0, 0.1) is 6.92 Å². The minimum absolute atomic E-state index is 0.427. The maximum atomic E-state index is 6.06. The van der Waals surface area contributed by atoms with Gasteiger partial charge >= 0.3 is 0 Å². The van der Waals surface area contributed by atoms with E-state index >= 15 is 0 Å². The van der Waals surface area contributed by atoms with Crippen LogP contribution >= 0.6 is 34.5 Å². The molecule has 0 amide bonds. The topological polar surface area (TPSA) is 58.5 Å². The van der Waals surface area contributed by atoms with Crippen molar-refractivity contribution >= 4 is 40.5 Å². The standard InChI is InChI=1S/C15H18Cl2N4OS/c1-10-8-20-13(23-10)9-21-15(18-2)19-6-7-22-12-5-3-4-11(16)14(12)17/h3-5,8H,6-7,9H2,1-2H3,(H2,18,19,21). The largest absolute Gasteiger partial charge is 0.490 e. The predicted octanol–water partition coefficient (Wildman–Crippen LogP) is 3.50. The van der Waals surface area contributed by atoms with Gasteiger partial charge in [-0.1, -0.05) is 29.3 Å². The molecule has 0 aliphatic carbocycles. The van der Waals surface area contributed by atoms with Crippen LogP contribution in [0.25, 0.3) is 0 Å². The summed E-state index contributed by atoms with van der Waals surface area (Å²) in [5, 5.41) is 8.30. The maximum Gasteiger partial charge on any atom is 0.191 e. The molecule has 0 atom stereocenters. The zero-order chi connectivity index (χ0) is 16.7. The summed E-state index contributed by atoms with van der Waals surface area (Å²) in [7, 11) is 1.72. The molecule has 0 fully saturated rings. The van der Waals surface area contributed by atoms with Gasteiger partial charge in [-0.3, -0.25) is 4.99 Å². The van der Waals surface area contributed by atoms with E-state index in [1.165, 1.54) is 4.88 Å². The van der Waals surface area contributed by atoms with E-state index in [2.05, 4.69) is 20.6 Å². The lowest BCUT2D eigenvalue weighted by Crippen LogP contribution is -2.38. The van der Waals surface area contributed by atoms with Crippen molar-refractivity contribution in [1.29, 1.82) is 0 Å². The summed E-state index contributed by atoms with van der Waals surface area (Å²) < 4.78 is 5.61. The van der Waals surface area contributed by atoms with E-state index < -0.39 is 0 Å². The van der Waals surface area contributed by atoms with Crippen molar-refractivity contribution in [2.45, 2.75) is 13.5 Å². The Bertz CT molecular complexity index is 675. The van der Waals surface area contributed by atoms with Crippen molar-refractivity contribution in [1.82, 2.24) is 15.6 Å². The van der Waals surface area contributed by atoms with Crippen LogP contribution in [0.15, 0.2) is 29.4 Å². The number of guanidine groups is 1. The van der Waals surface area contributed by atoms with Crippen LogP contribution in [0.3, 0.4) is 0 Å². The van der Waals surface area contributed by atoms with Gasteiger partial charge in [0.1, 0.15) is 22.4 Å². The van der Waals surface area contributed by atoms with Crippen molar-refractivity contribution in [3.05, 3.63) is 44.3 Å². The highest BCUT2D eigenvalue weighted by Crippen LogP contribution is 2.31. The van der Waals surface area contributed by atoms with Crippen molar-refractivity contribution in [2.24, 2.45) is 4.99 Å². The molecule has 0 aliphatic rings. The number of aromatic nitrogens is 1. The van der Waals surface area contributed by atoms with Gasteiger partial charge in [0.05, 0.1) is 18.1 Å². The maximum absolute atomic E-state index is 6.06. The van der Waals surface area contributed by atoms with Crippen LogP contribution in [0.2, 0.25) is 10.0 Å². The average Bonchev–Trinajstić information content (AvgIpc) is 2.96. The Kier molecular flexibility index (Phi) is 6.95. The van der Waals surface area contributed by atoms with Crippen molar-refractivity contribution < 1.29 is 4.74 Å². The number of aliphatic imine (C=N–C) groups is 1. The number of hydrogen-bond acceptors (Lipinski definition) is 4. The van der Waals surface area contributed by atoms with Gasteiger partial charge in [0.2, 0.25) is 0 Å². The molecule has 2 rings (SSSR count). The molecule has 0 spiro atoms. The fourth-order valence-electron chi connectivity index (χ4n) is 1.79. The first-order valence-electron chi connectivity index (χ1n) is 7.02. The van der Waals surface area contributed by atoms with E-state index in [0.29, 0.717) is 41.5 Å². The Hall–Kier alpha value is -1.50. The number of hydrogen-bond donors (Lipinski definition) is 2. The number of benzene rings is 1. The van der Waals surface area contributed by atoms with Crippen LogP contribution in [0.5, 0.6) is 5.75 Å². The lowest BCUT2D eigenvalue weighted by Gasteiger charge is -2.12. The SMILES string of the molecule is CN=C(NCCOc1cccc(Cl)c1Cl)NCc1ncc(C)s1. The molecule has 1 aromatic carbocycles. The normalized spacial score (nSPS) is 11.4. The summed E-state index contributed by atoms with van der Waals surface area (Å²) >= 11 is 13.7. The second kappa shape index (κ2) is 8.96. The molecule has 0 saturated heterocycles. The number of nitrogens with one attached hydrogen (secondary N) is 2. The van der Waals surface area contributed by atoms with Crippen LogP contribution in [-0.2, 0) is 6.54 Å². The highest BCUT2D eigenvalue weighted by Gasteiger charge is 2.05. The van der Waals surface area contributed by atoms with Gasteiger partial charge in [-0.2, -0.15) is 0 Å². The number of rotatable bonds is 6. The van der Waals surface area contributed by atoms with Crippen LogP contribution in [-0.4, -0.2) is 31.1 Å². The first-order valence-corrected chi connectivity index (χ1v) is 8.60. The predicted molar refractivity (Wildman–Crippen MR) is 97.0 cm³/mol. The third kappa shape index (κ3) is 5.57. The number of nitrogens with zero attached hydrogens (tertiary/aromatic N) is 2. The Balaban J connectivity index is 1.72. The van der Waals surface area contributed by atoms with E-state index in [0.717, 1.165) is 5.01 Å². The average molecular weight is 373 g/mol. The van der Waals surface area contributed by atoms with Gasteiger partial charge in [0.25, 0.3) is 0 Å². The molecule has 5 nitrogen and oxygen atoms in total. The van der Waals surface area contributed by atoms with E-state index in [1.54, 1.807) is 36.6 Å². The van der Waals surface area contributed by atoms with Gasteiger partial charge in [0.15, 0.2) is 5.96 Å². The van der Waals surface area contributed by atoms with E-state index in [9.17, 15) is 0 Å². The van der Waals surface area contributed by atoms with Crippen LogP contribution in [0.1, 0.15) is 9.88 Å². The summed E-state index contributed by atoms with van der Waals surface area (Å²) in [6.07, 6.45) is 1.86.